The summed E-state index contributed by atoms with van der Waals surface area (Å²) in [4.78, 5) is 37.4. The molecule has 0 aromatic carbocycles. The van der Waals surface area contributed by atoms with Gasteiger partial charge in [0, 0.05) is 19.0 Å². The molecular weight excluding hydrogens is 318 g/mol. The highest BCUT2D eigenvalue weighted by molar-refractivity contribution is 7.80. The van der Waals surface area contributed by atoms with Crippen LogP contribution in [0.4, 0.5) is 0 Å². The van der Waals surface area contributed by atoms with Crippen LogP contribution in [-0.4, -0.2) is 53.0 Å². The summed E-state index contributed by atoms with van der Waals surface area (Å²) in [5.74, 6) is -1.19. The third-order valence-corrected chi connectivity index (χ3v) is 3.95. The molecule has 130 valence electrons. The Bertz CT molecular complexity index is 481. The van der Waals surface area contributed by atoms with Gasteiger partial charge in [0.1, 0.15) is 6.04 Å². The zero-order chi connectivity index (χ0) is 17.6. The molecule has 2 atom stereocenters. The molecule has 1 aliphatic rings. The van der Waals surface area contributed by atoms with Gasteiger partial charge in [-0.05, 0) is 25.6 Å². The van der Waals surface area contributed by atoms with E-state index in [4.69, 9.17) is 17.0 Å². The Balaban J connectivity index is 2.75. The maximum Gasteiger partial charge on any atom is 0.308 e. The van der Waals surface area contributed by atoms with Crippen molar-refractivity contribution in [1.29, 1.82) is 0 Å². The van der Waals surface area contributed by atoms with E-state index < -0.39 is 12.0 Å². The van der Waals surface area contributed by atoms with Crippen LogP contribution in [0.5, 0.6) is 0 Å². The van der Waals surface area contributed by atoms with Crippen molar-refractivity contribution in [3.05, 3.63) is 0 Å². The molecule has 1 aliphatic heterocycles. The number of nitrogens with zero attached hydrogens (tertiary/aromatic N) is 1. The number of amides is 2. The average Bonchev–Trinajstić information content (AvgIpc) is 2.48. The van der Waals surface area contributed by atoms with Gasteiger partial charge >= 0.3 is 5.97 Å². The Morgan fingerprint density at radius 2 is 2.09 bits per heavy atom. The van der Waals surface area contributed by atoms with Crippen LogP contribution in [0.3, 0.4) is 0 Å². The van der Waals surface area contributed by atoms with Crippen molar-refractivity contribution in [2.45, 2.75) is 52.7 Å². The summed E-state index contributed by atoms with van der Waals surface area (Å²) in [6.07, 6.45) is 0.401. The van der Waals surface area contributed by atoms with Crippen molar-refractivity contribution in [3.8, 4) is 0 Å². The first-order valence-electron chi connectivity index (χ1n) is 7.84. The Labute approximate surface area is 142 Å². The van der Waals surface area contributed by atoms with Crippen molar-refractivity contribution in [2.75, 3.05) is 13.1 Å². The quantitative estimate of drug-likeness (QED) is 0.561. The van der Waals surface area contributed by atoms with Crippen molar-refractivity contribution >= 4 is 35.1 Å². The van der Waals surface area contributed by atoms with Crippen LogP contribution in [0, 0.1) is 5.92 Å². The maximum absolute atomic E-state index is 12.1. The standard InChI is InChI=1S/C15H25N3O4S/c1-5-10(4)22-12(19)8-11-14(21)16-6-7-18(11)15(23)17-13(20)9(2)3/h9-11H,5-8H2,1-4H3,(H,16,21)(H,17,20,23). The van der Waals surface area contributed by atoms with Crippen LogP contribution in [0.15, 0.2) is 0 Å². The van der Waals surface area contributed by atoms with Crippen LogP contribution in [0.25, 0.3) is 0 Å². The zero-order valence-corrected chi connectivity index (χ0v) is 14.9. The number of carbonyl (C=O) groups excluding carboxylic acids is 3. The van der Waals surface area contributed by atoms with Gasteiger partial charge in [-0.15, -0.1) is 0 Å². The SMILES string of the molecule is CCC(C)OC(=O)CC1C(=O)NCCN1C(=S)NC(=O)C(C)C. The van der Waals surface area contributed by atoms with Crippen molar-refractivity contribution in [2.24, 2.45) is 5.92 Å². The third-order valence-electron chi connectivity index (χ3n) is 3.61. The van der Waals surface area contributed by atoms with Gasteiger partial charge in [0.25, 0.3) is 0 Å². The maximum atomic E-state index is 12.1. The number of thiocarbonyl (C=S) groups is 1. The molecular formula is C15H25N3O4S. The highest BCUT2D eigenvalue weighted by Crippen LogP contribution is 2.12. The Morgan fingerprint density at radius 1 is 1.43 bits per heavy atom. The van der Waals surface area contributed by atoms with Gasteiger partial charge in [-0.3, -0.25) is 14.4 Å². The minimum atomic E-state index is -0.764. The summed E-state index contributed by atoms with van der Waals surface area (Å²) in [5, 5.41) is 5.48. The van der Waals surface area contributed by atoms with E-state index in [1.807, 2.05) is 6.92 Å². The molecule has 2 unspecified atom stereocenters. The first-order chi connectivity index (χ1) is 10.8. The topological polar surface area (TPSA) is 87.7 Å². The molecule has 1 saturated heterocycles. The predicted octanol–water partition coefficient (Wildman–Crippen LogP) is 0.576. The van der Waals surface area contributed by atoms with Crippen molar-refractivity contribution in [1.82, 2.24) is 15.5 Å². The number of ether oxygens (including phenoxy) is 1. The highest BCUT2D eigenvalue weighted by Gasteiger charge is 2.34. The monoisotopic (exact) mass is 343 g/mol. The fourth-order valence-electron chi connectivity index (χ4n) is 2.00. The molecule has 0 spiro atoms. The molecule has 7 nitrogen and oxygen atoms in total. The number of hydrogen-bond acceptors (Lipinski definition) is 5. The second-order valence-corrected chi connectivity index (χ2v) is 6.25. The lowest BCUT2D eigenvalue weighted by molar-refractivity contribution is -0.151. The summed E-state index contributed by atoms with van der Waals surface area (Å²) in [5.41, 5.74) is 0. The van der Waals surface area contributed by atoms with E-state index in [1.165, 1.54) is 0 Å². The molecule has 0 bridgehead atoms. The minimum Gasteiger partial charge on any atom is -0.463 e. The van der Waals surface area contributed by atoms with Gasteiger partial charge in [0.2, 0.25) is 11.8 Å². The Hall–Kier alpha value is -1.70. The first kappa shape index (κ1) is 19.3. The highest BCUT2D eigenvalue weighted by atomic mass is 32.1. The van der Waals surface area contributed by atoms with Crippen LogP contribution < -0.4 is 10.6 Å². The van der Waals surface area contributed by atoms with Gasteiger partial charge in [-0.25, -0.2) is 0 Å². The Morgan fingerprint density at radius 3 is 2.65 bits per heavy atom. The van der Waals surface area contributed by atoms with Gasteiger partial charge in [0.15, 0.2) is 5.11 Å². The van der Waals surface area contributed by atoms with Gasteiger partial charge < -0.3 is 20.3 Å². The number of hydrogen-bond donors (Lipinski definition) is 2. The minimum absolute atomic E-state index is 0.103. The lowest BCUT2D eigenvalue weighted by Gasteiger charge is -2.36. The molecule has 0 radical (unpaired) electrons. The zero-order valence-electron chi connectivity index (χ0n) is 14.0. The van der Waals surface area contributed by atoms with Crippen molar-refractivity contribution in [3.63, 3.8) is 0 Å². The van der Waals surface area contributed by atoms with Crippen LogP contribution in [0.1, 0.15) is 40.5 Å². The summed E-state index contributed by atoms with van der Waals surface area (Å²) in [6.45, 7) is 8.06. The van der Waals surface area contributed by atoms with E-state index in [-0.39, 0.29) is 35.4 Å². The normalized spacial score (nSPS) is 19.1. The molecule has 1 heterocycles. The number of esters is 1. The third kappa shape index (κ3) is 5.78. The Kier molecular flexibility index (Phi) is 7.41. The van der Waals surface area contributed by atoms with Gasteiger partial charge in [-0.1, -0.05) is 20.8 Å². The second-order valence-electron chi connectivity index (χ2n) is 5.86. The molecule has 0 saturated carbocycles. The number of carbonyl (C=O) groups is 3. The van der Waals surface area contributed by atoms with E-state index in [0.717, 1.165) is 0 Å². The molecule has 1 rings (SSSR count). The smallest absolute Gasteiger partial charge is 0.308 e. The summed E-state index contributed by atoms with van der Waals surface area (Å²) in [6, 6.07) is -0.764. The van der Waals surface area contributed by atoms with E-state index in [1.54, 1.807) is 25.7 Å². The molecule has 8 heteroatoms. The van der Waals surface area contributed by atoms with E-state index in [2.05, 4.69) is 10.6 Å². The van der Waals surface area contributed by atoms with Gasteiger partial charge in [-0.2, -0.15) is 0 Å². The molecule has 23 heavy (non-hydrogen) atoms. The molecule has 1 fully saturated rings. The molecule has 0 aromatic heterocycles. The fraction of sp³-hybridized carbons (Fsp3) is 0.733. The van der Waals surface area contributed by atoms with E-state index >= 15 is 0 Å². The number of piperazine rings is 1. The average molecular weight is 343 g/mol. The van der Waals surface area contributed by atoms with Crippen LogP contribution in [0.2, 0.25) is 0 Å². The lowest BCUT2D eigenvalue weighted by Crippen LogP contribution is -2.60. The van der Waals surface area contributed by atoms with Crippen molar-refractivity contribution < 1.29 is 19.1 Å². The van der Waals surface area contributed by atoms with Gasteiger partial charge in [0.05, 0.1) is 12.5 Å². The fourth-order valence-corrected chi connectivity index (χ4v) is 2.32. The molecule has 0 aliphatic carbocycles. The number of rotatable bonds is 5. The molecule has 0 aromatic rings. The summed E-state index contributed by atoms with van der Waals surface area (Å²) >= 11 is 5.22. The van der Waals surface area contributed by atoms with E-state index in [0.29, 0.717) is 19.5 Å². The summed E-state index contributed by atoms with van der Waals surface area (Å²) < 4.78 is 5.22. The molecule has 2 amide bonds. The van der Waals surface area contributed by atoms with Crippen LogP contribution in [-0.2, 0) is 19.1 Å². The lowest BCUT2D eigenvalue weighted by atomic mass is 10.1. The predicted molar refractivity (Wildman–Crippen MR) is 89.5 cm³/mol. The van der Waals surface area contributed by atoms with Crippen LogP contribution >= 0.6 is 12.2 Å². The second kappa shape index (κ2) is 8.81. The summed E-state index contributed by atoms with van der Waals surface area (Å²) in [7, 11) is 0. The first-order valence-corrected chi connectivity index (χ1v) is 8.25. The number of nitrogens with one attached hydrogen (secondary N) is 2. The van der Waals surface area contributed by atoms with E-state index in [9.17, 15) is 14.4 Å². The largest absolute Gasteiger partial charge is 0.463 e. The molecule has 2 N–H and O–H groups in total.